The number of anilines is 1. The minimum atomic E-state index is -0.992. The Bertz CT molecular complexity index is 564. The number of urea groups is 1. The van der Waals surface area contributed by atoms with Gasteiger partial charge in [-0.15, -0.1) is 0 Å². The zero-order valence-electron chi connectivity index (χ0n) is 11.8. The van der Waals surface area contributed by atoms with Crippen molar-refractivity contribution < 1.29 is 19.4 Å². The van der Waals surface area contributed by atoms with Crippen molar-refractivity contribution in [2.45, 2.75) is 19.4 Å². The van der Waals surface area contributed by atoms with Gasteiger partial charge < -0.3 is 20.1 Å². The lowest BCUT2D eigenvalue weighted by molar-refractivity contribution is -0.142. The number of carboxylic acids is 1. The molecule has 0 saturated carbocycles. The van der Waals surface area contributed by atoms with Gasteiger partial charge in [0, 0.05) is 11.6 Å². The van der Waals surface area contributed by atoms with E-state index in [1.54, 1.807) is 18.2 Å². The van der Waals surface area contributed by atoms with Crippen LogP contribution in [0.1, 0.15) is 13.3 Å². The Labute approximate surface area is 127 Å². The Morgan fingerprint density at radius 1 is 1.48 bits per heavy atom. The molecule has 0 aliphatic carbocycles. The van der Waals surface area contributed by atoms with Gasteiger partial charge in [0.25, 0.3) is 0 Å². The molecule has 114 valence electrons. The third kappa shape index (κ3) is 3.21. The SMILES string of the molecule is COc1ccc(Cl)cc1NC(=O)N1CCC(C)C1C(=O)O. The van der Waals surface area contributed by atoms with Crippen molar-refractivity contribution >= 4 is 29.3 Å². The van der Waals surface area contributed by atoms with Crippen LogP contribution in [0.15, 0.2) is 18.2 Å². The van der Waals surface area contributed by atoms with E-state index in [1.165, 1.54) is 12.0 Å². The number of hydrogen-bond acceptors (Lipinski definition) is 3. The van der Waals surface area contributed by atoms with E-state index in [-0.39, 0.29) is 5.92 Å². The third-order valence-electron chi connectivity index (χ3n) is 3.62. The van der Waals surface area contributed by atoms with Gasteiger partial charge in [0.2, 0.25) is 0 Å². The smallest absolute Gasteiger partial charge is 0.326 e. The highest BCUT2D eigenvalue weighted by Gasteiger charge is 2.39. The predicted octanol–water partition coefficient (Wildman–Crippen LogP) is 2.68. The molecular formula is C14H17ClN2O4. The van der Waals surface area contributed by atoms with E-state index in [0.717, 1.165) is 0 Å². The van der Waals surface area contributed by atoms with Crippen LogP contribution in [-0.4, -0.2) is 41.7 Å². The number of methoxy groups -OCH3 is 1. The Morgan fingerprint density at radius 2 is 2.19 bits per heavy atom. The lowest BCUT2D eigenvalue weighted by Gasteiger charge is -2.24. The minimum absolute atomic E-state index is 0.0745. The van der Waals surface area contributed by atoms with E-state index in [1.807, 2.05) is 6.92 Å². The number of carbonyl (C=O) groups is 2. The molecule has 21 heavy (non-hydrogen) atoms. The molecule has 1 fully saturated rings. The van der Waals surface area contributed by atoms with Gasteiger partial charge in [-0.25, -0.2) is 9.59 Å². The molecule has 2 amide bonds. The van der Waals surface area contributed by atoms with Crippen LogP contribution in [-0.2, 0) is 4.79 Å². The summed E-state index contributed by atoms with van der Waals surface area (Å²) in [6, 6.07) is 3.57. The topological polar surface area (TPSA) is 78.9 Å². The summed E-state index contributed by atoms with van der Waals surface area (Å²) in [6.45, 7) is 2.24. The molecule has 2 rings (SSSR count). The van der Waals surface area contributed by atoms with Gasteiger partial charge in [-0.2, -0.15) is 0 Å². The molecule has 0 bridgehead atoms. The molecule has 0 radical (unpaired) electrons. The highest BCUT2D eigenvalue weighted by molar-refractivity contribution is 6.31. The molecule has 1 aliphatic heterocycles. The maximum absolute atomic E-state index is 12.3. The van der Waals surface area contributed by atoms with Crippen molar-refractivity contribution in [3.63, 3.8) is 0 Å². The molecule has 1 aromatic rings. The van der Waals surface area contributed by atoms with Crippen LogP contribution in [0.3, 0.4) is 0 Å². The van der Waals surface area contributed by atoms with Crippen LogP contribution in [0.4, 0.5) is 10.5 Å². The van der Waals surface area contributed by atoms with Gasteiger partial charge in [0.05, 0.1) is 12.8 Å². The molecular weight excluding hydrogens is 296 g/mol. The summed E-state index contributed by atoms with van der Waals surface area (Å²) in [6.07, 6.45) is 0.664. The van der Waals surface area contributed by atoms with Crippen molar-refractivity contribution in [3.05, 3.63) is 23.2 Å². The molecule has 7 heteroatoms. The molecule has 1 aliphatic rings. The molecule has 2 unspecified atom stereocenters. The van der Waals surface area contributed by atoms with Gasteiger partial charge in [-0.3, -0.25) is 0 Å². The Kier molecular flexibility index (Phi) is 4.57. The second-order valence-corrected chi connectivity index (χ2v) is 5.45. The largest absolute Gasteiger partial charge is 0.495 e. The monoisotopic (exact) mass is 312 g/mol. The molecule has 1 heterocycles. The number of carbonyl (C=O) groups excluding carboxylic acids is 1. The fourth-order valence-electron chi connectivity index (χ4n) is 2.52. The number of ether oxygens (including phenoxy) is 1. The molecule has 6 nitrogen and oxygen atoms in total. The van der Waals surface area contributed by atoms with Gasteiger partial charge in [0.1, 0.15) is 11.8 Å². The number of hydrogen-bond donors (Lipinski definition) is 2. The molecule has 1 saturated heterocycles. The normalized spacial score (nSPS) is 21.2. The molecule has 0 spiro atoms. The van der Waals surface area contributed by atoms with E-state index in [4.69, 9.17) is 16.3 Å². The lowest BCUT2D eigenvalue weighted by Crippen LogP contribution is -2.44. The Hall–Kier alpha value is -1.95. The average Bonchev–Trinajstić information content (AvgIpc) is 2.81. The highest BCUT2D eigenvalue weighted by atomic mass is 35.5. The highest BCUT2D eigenvalue weighted by Crippen LogP contribution is 2.30. The number of aliphatic carboxylic acids is 1. The second kappa shape index (κ2) is 6.22. The quantitative estimate of drug-likeness (QED) is 0.899. The summed E-state index contributed by atoms with van der Waals surface area (Å²) in [4.78, 5) is 24.9. The summed E-state index contributed by atoms with van der Waals surface area (Å²) in [7, 11) is 1.48. The number of benzene rings is 1. The van der Waals surface area contributed by atoms with Crippen LogP contribution in [0, 0.1) is 5.92 Å². The molecule has 2 atom stereocenters. The molecule has 2 N–H and O–H groups in total. The van der Waals surface area contributed by atoms with Crippen molar-refractivity contribution in [2.24, 2.45) is 5.92 Å². The van der Waals surface area contributed by atoms with Crippen LogP contribution in [0.2, 0.25) is 5.02 Å². The maximum Gasteiger partial charge on any atom is 0.326 e. The first-order valence-electron chi connectivity index (χ1n) is 6.58. The van der Waals surface area contributed by atoms with Crippen LogP contribution < -0.4 is 10.1 Å². The van der Waals surface area contributed by atoms with Crippen LogP contribution >= 0.6 is 11.6 Å². The second-order valence-electron chi connectivity index (χ2n) is 5.02. The number of nitrogens with zero attached hydrogens (tertiary/aromatic N) is 1. The van der Waals surface area contributed by atoms with Crippen LogP contribution in [0.5, 0.6) is 5.75 Å². The number of likely N-dealkylation sites (tertiary alicyclic amines) is 1. The Balaban J connectivity index is 2.18. The fourth-order valence-corrected chi connectivity index (χ4v) is 2.69. The van der Waals surface area contributed by atoms with E-state index in [2.05, 4.69) is 5.32 Å². The number of nitrogens with one attached hydrogen (secondary N) is 1. The first-order chi connectivity index (χ1) is 9.93. The lowest BCUT2D eigenvalue weighted by atomic mass is 10.0. The average molecular weight is 313 g/mol. The summed E-state index contributed by atoms with van der Waals surface area (Å²) in [5.41, 5.74) is 0.415. The standard InChI is InChI=1S/C14H17ClN2O4/c1-8-5-6-17(12(8)13(18)19)14(20)16-10-7-9(15)3-4-11(10)21-2/h3-4,7-8,12H,5-6H2,1-2H3,(H,16,20)(H,18,19). The minimum Gasteiger partial charge on any atom is -0.495 e. The summed E-state index contributed by atoms with van der Waals surface area (Å²) < 4.78 is 5.15. The Morgan fingerprint density at radius 3 is 2.81 bits per heavy atom. The maximum atomic E-state index is 12.3. The summed E-state index contributed by atoms with van der Waals surface area (Å²) in [5, 5.41) is 12.4. The number of halogens is 1. The van der Waals surface area contributed by atoms with E-state index < -0.39 is 18.0 Å². The van der Waals surface area contributed by atoms with Crippen molar-refractivity contribution in [1.29, 1.82) is 0 Å². The van der Waals surface area contributed by atoms with Crippen LogP contribution in [0.25, 0.3) is 0 Å². The summed E-state index contributed by atoms with van der Waals surface area (Å²) >= 11 is 5.90. The zero-order chi connectivity index (χ0) is 15.6. The number of carboxylic acid groups (broad SMARTS) is 1. The van der Waals surface area contributed by atoms with E-state index >= 15 is 0 Å². The first-order valence-corrected chi connectivity index (χ1v) is 6.95. The zero-order valence-corrected chi connectivity index (χ0v) is 12.6. The molecule has 0 aromatic heterocycles. The van der Waals surface area contributed by atoms with E-state index in [0.29, 0.717) is 29.4 Å². The number of amides is 2. The number of rotatable bonds is 3. The van der Waals surface area contributed by atoms with Crippen molar-refractivity contribution in [3.8, 4) is 5.75 Å². The van der Waals surface area contributed by atoms with Gasteiger partial charge in [0.15, 0.2) is 0 Å². The molecule has 1 aromatic carbocycles. The third-order valence-corrected chi connectivity index (χ3v) is 3.85. The predicted molar refractivity (Wildman–Crippen MR) is 78.9 cm³/mol. The van der Waals surface area contributed by atoms with Crippen molar-refractivity contribution in [2.75, 3.05) is 19.0 Å². The summed E-state index contributed by atoms with van der Waals surface area (Å²) in [5.74, 6) is -0.602. The van der Waals surface area contributed by atoms with Gasteiger partial charge in [-0.1, -0.05) is 18.5 Å². The first kappa shape index (κ1) is 15.4. The fraction of sp³-hybridized carbons (Fsp3) is 0.429. The van der Waals surface area contributed by atoms with Gasteiger partial charge in [-0.05, 0) is 30.5 Å². The van der Waals surface area contributed by atoms with Crippen molar-refractivity contribution in [1.82, 2.24) is 4.90 Å². The van der Waals surface area contributed by atoms with E-state index in [9.17, 15) is 14.7 Å². The van der Waals surface area contributed by atoms with Gasteiger partial charge >= 0.3 is 12.0 Å².